The maximum atomic E-state index is 11.4. The zero-order valence-electron chi connectivity index (χ0n) is 15.0. The Balaban J connectivity index is 2.62. The summed E-state index contributed by atoms with van der Waals surface area (Å²) in [4.78, 5) is 14.1. The number of hydrogen-bond acceptors (Lipinski definition) is 2. The third-order valence-corrected chi connectivity index (χ3v) is 5.44. The van der Waals surface area contributed by atoms with Crippen molar-refractivity contribution in [2.75, 3.05) is 12.8 Å². The average molecular weight is 338 g/mol. The molecular weight excluding hydrogens is 306 g/mol. The van der Waals surface area contributed by atoms with E-state index in [4.69, 9.17) is 0 Å². The highest BCUT2D eigenvalue weighted by molar-refractivity contribution is 7.84. The van der Waals surface area contributed by atoms with E-state index in [1.165, 1.54) is 25.7 Å². The monoisotopic (exact) mass is 337 g/mol. The van der Waals surface area contributed by atoms with Gasteiger partial charge in [0.25, 0.3) is 0 Å². The second kappa shape index (κ2) is 9.86. The lowest BCUT2D eigenvalue weighted by molar-refractivity contribution is -0.119. The molecule has 0 heterocycles. The van der Waals surface area contributed by atoms with E-state index in [-0.39, 0.29) is 0 Å². The molecule has 0 aliphatic carbocycles. The molecule has 130 valence electrons. The van der Waals surface area contributed by atoms with Gasteiger partial charge in [-0.1, -0.05) is 45.7 Å². The van der Waals surface area contributed by atoms with Gasteiger partial charge in [0.1, 0.15) is 0 Å². The zero-order valence-corrected chi connectivity index (χ0v) is 15.8. The van der Waals surface area contributed by atoms with Gasteiger partial charge in [0.2, 0.25) is 6.41 Å². The van der Waals surface area contributed by atoms with E-state index in [1.54, 1.807) is 6.26 Å². The second-order valence-electron chi connectivity index (χ2n) is 6.73. The summed E-state index contributed by atoms with van der Waals surface area (Å²) in [6.45, 7) is 8.21. The number of hydrogen-bond donors (Lipinski definition) is 0. The summed E-state index contributed by atoms with van der Waals surface area (Å²) in [6.07, 6.45) is 8.47. The molecule has 0 saturated heterocycles. The molecule has 23 heavy (non-hydrogen) atoms. The Bertz CT molecular complexity index is 493. The van der Waals surface area contributed by atoms with Gasteiger partial charge < -0.3 is 4.90 Å². The SMILES string of the molecule is CCCC(C)(CCC)CCN(C=O)Cc1ccc(S(C)=O)cc1. The highest BCUT2D eigenvalue weighted by Crippen LogP contribution is 2.33. The van der Waals surface area contributed by atoms with E-state index in [0.717, 1.165) is 29.8 Å². The van der Waals surface area contributed by atoms with Gasteiger partial charge in [-0.3, -0.25) is 9.00 Å². The van der Waals surface area contributed by atoms with Crippen molar-refractivity contribution in [2.45, 2.75) is 64.3 Å². The van der Waals surface area contributed by atoms with Crippen molar-refractivity contribution in [2.24, 2.45) is 5.41 Å². The van der Waals surface area contributed by atoms with Gasteiger partial charge in [0.15, 0.2) is 0 Å². The van der Waals surface area contributed by atoms with Crippen LogP contribution in [0.4, 0.5) is 0 Å². The van der Waals surface area contributed by atoms with E-state index in [0.29, 0.717) is 12.0 Å². The highest BCUT2D eigenvalue weighted by Gasteiger charge is 2.22. The van der Waals surface area contributed by atoms with Gasteiger partial charge in [-0.2, -0.15) is 0 Å². The molecule has 4 heteroatoms. The van der Waals surface area contributed by atoms with Crippen LogP contribution in [0.25, 0.3) is 0 Å². The van der Waals surface area contributed by atoms with Crippen LogP contribution in [0.5, 0.6) is 0 Å². The second-order valence-corrected chi connectivity index (χ2v) is 8.11. The van der Waals surface area contributed by atoms with E-state index in [2.05, 4.69) is 20.8 Å². The van der Waals surface area contributed by atoms with Crippen molar-refractivity contribution in [3.8, 4) is 0 Å². The molecule has 1 aromatic carbocycles. The van der Waals surface area contributed by atoms with Crippen molar-refractivity contribution in [3.63, 3.8) is 0 Å². The fourth-order valence-electron chi connectivity index (χ4n) is 3.19. The minimum absolute atomic E-state index is 0.327. The summed E-state index contributed by atoms with van der Waals surface area (Å²) in [5, 5.41) is 0. The first kappa shape index (κ1) is 19.9. The molecule has 1 aromatic rings. The molecule has 0 saturated carbocycles. The molecule has 0 bridgehead atoms. The van der Waals surface area contributed by atoms with Crippen molar-refractivity contribution in [1.29, 1.82) is 0 Å². The molecule has 3 nitrogen and oxygen atoms in total. The van der Waals surface area contributed by atoms with Crippen LogP contribution in [0.2, 0.25) is 0 Å². The van der Waals surface area contributed by atoms with Gasteiger partial charge in [0, 0.05) is 35.0 Å². The lowest BCUT2D eigenvalue weighted by atomic mass is 9.78. The first-order valence-electron chi connectivity index (χ1n) is 8.56. The van der Waals surface area contributed by atoms with Gasteiger partial charge in [0.05, 0.1) is 0 Å². The molecule has 0 radical (unpaired) electrons. The maximum Gasteiger partial charge on any atom is 0.210 e. The Morgan fingerprint density at radius 1 is 1.09 bits per heavy atom. The van der Waals surface area contributed by atoms with E-state index >= 15 is 0 Å². The molecule has 1 rings (SSSR count). The van der Waals surface area contributed by atoms with Gasteiger partial charge in [-0.15, -0.1) is 0 Å². The van der Waals surface area contributed by atoms with E-state index in [1.807, 2.05) is 29.2 Å². The lowest BCUT2D eigenvalue weighted by Gasteiger charge is -2.31. The van der Waals surface area contributed by atoms with Crippen LogP contribution < -0.4 is 0 Å². The van der Waals surface area contributed by atoms with Crippen LogP contribution in [0.15, 0.2) is 29.2 Å². The van der Waals surface area contributed by atoms with Gasteiger partial charge in [-0.25, -0.2) is 0 Å². The number of nitrogens with zero attached hydrogens (tertiary/aromatic N) is 1. The molecule has 1 atom stereocenters. The van der Waals surface area contributed by atoms with Crippen LogP contribution >= 0.6 is 0 Å². The minimum atomic E-state index is -0.955. The Morgan fingerprint density at radius 2 is 1.65 bits per heavy atom. The third-order valence-electron chi connectivity index (χ3n) is 4.50. The summed E-state index contributed by atoms with van der Waals surface area (Å²) in [5.74, 6) is 0. The van der Waals surface area contributed by atoms with Crippen LogP contribution in [-0.2, 0) is 22.1 Å². The van der Waals surface area contributed by atoms with Gasteiger partial charge in [-0.05, 0) is 42.4 Å². The van der Waals surface area contributed by atoms with Crippen molar-refractivity contribution in [3.05, 3.63) is 29.8 Å². The molecule has 1 amide bonds. The lowest BCUT2D eigenvalue weighted by Crippen LogP contribution is -2.28. The molecule has 0 aliphatic heterocycles. The van der Waals surface area contributed by atoms with Crippen LogP contribution in [0.3, 0.4) is 0 Å². The summed E-state index contributed by atoms with van der Waals surface area (Å²) >= 11 is 0. The summed E-state index contributed by atoms with van der Waals surface area (Å²) < 4.78 is 11.4. The Hall–Kier alpha value is -1.16. The Kier molecular flexibility index (Phi) is 8.53. The fraction of sp³-hybridized carbons (Fsp3) is 0.632. The first-order chi connectivity index (χ1) is 10.9. The minimum Gasteiger partial charge on any atom is -0.341 e. The molecule has 0 aromatic heterocycles. The van der Waals surface area contributed by atoms with Crippen molar-refractivity contribution in [1.82, 2.24) is 4.90 Å². The highest BCUT2D eigenvalue weighted by atomic mass is 32.2. The number of benzene rings is 1. The van der Waals surface area contributed by atoms with E-state index in [9.17, 15) is 9.00 Å². The predicted molar refractivity (Wildman–Crippen MR) is 97.8 cm³/mol. The molecule has 1 unspecified atom stereocenters. The van der Waals surface area contributed by atoms with Crippen molar-refractivity contribution < 1.29 is 9.00 Å². The number of rotatable bonds is 11. The van der Waals surface area contributed by atoms with Crippen LogP contribution in [-0.4, -0.2) is 28.3 Å². The predicted octanol–water partition coefficient (Wildman–Crippen LogP) is 4.38. The van der Waals surface area contributed by atoms with Gasteiger partial charge >= 0.3 is 0 Å². The zero-order chi connectivity index (χ0) is 17.3. The normalized spacial score (nSPS) is 12.9. The average Bonchev–Trinajstić information content (AvgIpc) is 2.52. The topological polar surface area (TPSA) is 37.4 Å². The van der Waals surface area contributed by atoms with Crippen LogP contribution in [0.1, 0.15) is 58.4 Å². The smallest absolute Gasteiger partial charge is 0.210 e. The van der Waals surface area contributed by atoms with Crippen molar-refractivity contribution >= 4 is 17.2 Å². The number of carbonyl (C=O) groups excluding carboxylic acids is 1. The molecule has 0 fully saturated rings. The Labute approximate surface area is 143 Å². The largest absolute Gasteiger partial charge is 0.341 e. The standard InChI is InChI=1S/C19H31NO2S/c1-5-11-19(3,12-6-2)13-14-20(16-21)15-17-7-9-18(10-8-17)23(4)22/h7-10,16H,5-6,11-15H2,1-4H3. The molecule has 0 spiro atoms. The van der Waals surface area contributed by atoms with Crippen LogP contribution in [0, 0.1) is 5.41 Å². The third kappa shape index (κ3) is 6.86. The first-order valence-corrected chi connectivity index (χ1v) is 10.1. The van der Waals surface area contributed by atoms with E-state index < -0.39 is 10.8 Å². The summed E-state index contributed by atoms with van der Waals surface area (Å²) in [6, 6.07) is 7.69. The molecule has 0 N–H and O–H groups in total. The fourth-order valence-corrected chi connectivity index (χ4v) is 3.71. The maximum absolute atomic E-state index is 11.4. The number of amides is 1. The quantitative estimate of drug-likeness (QED) is 0.562. The summed E-state index contributed by atoms with van der Waals surface area (Å²) in [5.41, 5.74) is 1.41. The molecule has 0 aliphatic rings. The Morgan fingerprint density at radius 3 is 2.09 bits per heavy atom. The molecular formula is C19H31NO2S. The number of carbonyl (C=O) groups is 1. The summed E-state index contributed by atoms with van der Waals surface area (Å²) in [7, 11) is -0.955.